The molecule has 1 aromatic rings. The van der Waals surface area contributed by atoms with Crippen LogP contribution in [0.4, 0.5) is 0 Å². The number of hydrogen-bond acceptors (Lipinski definition) is 5. The SMILES string of the molecule is CSCC(=O)NCc1ccc(S(=O)(=O)N(C)C)s1. The summed E-state index contributed by atoms with van der Waals surface area (Å²) < 4.78 is 25.1. The number of nitrogens with zero attached hydrogens (tertiary/aromatic N) is 1. The topological polar surface area (TPSA) is 66.5 Å². The van der Waals surface area contributed by atoms with Crippen molar-refractivity contribution in [2.45, 2.75) is 10.8 Å². The van der Waals surface area contributed by atoms with E-state index in [9.17, 15) is 13.2 Å². The summed E-state index contributed by atoms with van der Waals surface area (Å²) in [5.41, 5.74) is 0. The number of amides is 1. The van der Waals surface area contributed by atoms with Gasteiger partial charge in [-0.3, -0.25) is 4.79 Å². The van der Waals surface area contributed by atoms with E-state index in [1.165, 1.54) is 41.5 Å². The summed E-state index contributed by atoms with van der Waals surface area (Å²) in [6.07, 6.45) is 1.85. The van der Waals surface area contributed by atoms with Gasteiger partial charge in [0.05, 0.1) is 12.3 Å². The van der Waals surface area contributed by atoms with Crippen molar-refractivity contribution in [1.29, 1.82) is 0 Å². The summed E-state index contributed by atoms with van der Waals surface area (Å²) in [4.78, 5) is 12.1. The minimum atomic E-state index is -3.37. The van der Waals surface area contributed by atoms with Gasteiger partial charge in [0.1, 0.15) is 4.21 Å². The van der Waals surface area contributed by atoms with E-state index in [0.29, 0.717) is 16.5 Å². The number of carbonyl (C=O) groups is 1. The Hall–Kier alpha value is -0.570. The van der Waals surface area contributed by atoms with Crippen LogP contribution in [-0.4, -0.2) is 44.7 Å². The molecule has 0 atom stereocenters. The average Bonchev–Trinajstić information content (AvgIpc) is 2.75. The minimum absolute atomic E-state index is 0.0482. The van der Waals surface area contributed by atoms with Crippen molar-refractivity contribution in [3.63, 3.8) is 0 Å². The molecule has 0 fully saturated rings. The number of thiophene rings is 1. The molecule has 1 amide bonds. The molecule has 0 aliphatic rings. The van der Waals surface area contributed by atoms with Crippen LogP contribution < -0.4 is 5.32 Å². The molecule has 0 saturated carbocycles. The van der Waals surface area contributed by atoms with Gasteiger partial charge in [-0.2, -0.15) is 11.8 Å². The zero-order valence-corrected chi connectivity index (χ0v) is 12.9. The van der Waals surface area contributed by atoms with E-state index in [-0.39, 0.29) is 5.91 Å². The molecule has 0 unspecified atom stereocenters. The zero-order valence-electron chi connectivity index (χ0n) is 10.5. The van der Waals surface area contributed by atoms with Crippen LogP contribution in [0.1, 0.15) is 4.88 Å². The Labute approximate surface area is 116 Å². The second-order valence-electron chi connectivity index (χ2n) is 3.72. The van der Waals surface area contributed by atoms with Crippen LogP contribution in [0.5, 0.6) is 0 Å². The van der Waals surface area contributed by atoms with Crippen LogP contribution in [0, 0.1) is 0 Å². The highest BCUT2D eigenvalue weighted by Gasteiger charge is 2.19. The average molecular weight is 308 g/mol. The van der Waals surface area contributed by atoms with Gasteiger partial charge in [0.15, 0.2) is 0 Å². The molecule has 0 aromatic carbocycles. The van der Waals surface area contributed by atoms with Crippen LogP contribution >= 0.6 is 23.1 Å². The third-order valence-electron chi connectivity index (χ3n) is 2.11. The van der Waals surface area contributed by atoms with Crippen LogP contribution in [0.15, 0.2) is 16.3 Å². The summed E-state index contributed by atoms with van der Waals surface area (Å²) in [5, 5.41) is 2.74. The maximum atomic E-state index is 11.8. The molecular formula is C10H16N2O3S3. The molecule has 0 aliphatic heterocycles. The van der Waals surface area contributed by atoms with E-state index < -0.39 is 10.0 Å². The number of hydrogen-bond donors (Lipinski definition) is 1. The summed E-state index contributed by atoms with van der Waals surface area (Å²) >= 11 is 2.62. The molecule has 1 N–H and O–H groups in total. The summed E-state index contributed by atoms with van der Waals surface area (Å²) in [6.45, 7) is 0.368. The predicted octanol–water partition coefficient (Wildman–Crippen LogP) is 0.978. The normalized spacial score (nSPS) is 11.8. The van der Waals surface area contributed by atoms with Gasteiger partial charge in [0.25, 0.3) is 10.0 Å². The van der Waals surface area contributed by atoms with Gasteiger partial charge in [0, 0.05) is 19.0 Å². The van der Waals surface area contributed by atoms with Crippen LogP contribution in [0.25, 0.3) is 0 Å². The van der Waals surface area contributed by atoms with E-state index in [0.717, 1.165) is 4.88 Å². The maximum absolute atomic E-state index is 11.8. The third-order valence-corrected chi connectivity index (χ3v) is 6.03. The smallest absolute Gasteiger partial charge is 0.252 e. The summed E-state index contributed by atoms with van der Waals surface area (Å²) in [5.74, 6) is 0.363. The lowest BCUT2D eigenvalue weighted by Gasteiger charge is -2.08. The van der Waals surface area contributed by atoms with Crippen molar-refractivity contribution < 1.29 is 13.2 Å². The van der Waals surface area contributed by atoms with Gasteiger partial charge in [-0.25, -0.2) is 12.7 Å². The van der Waals surface area contributed by atoms with Crippen molar-refractivity contribution in [2.75, 3.05) is 26.1 Å². The number of carbonyl (C=O) groups excluding carboxylic acids is 1. The van der Waals surface area contributed by atoms with Crippen molar-refractivity contribution >= 4 is 39.0 Å². The monoisotopic (exact) mass is 308 g/mol. The zero-order chi connectivity index (χ0) is 13.8. The third kappa shape index (κ3) is 3.98. The van der Waals surface area contributed by atoms with E-state index in [1.54, 1.807) is 12.1 Å². The molecule has 18 heavy (non-hydrogen) atoms. The second kappa shape index (κ2) is 6.55. The van der Waals surface area contributed by atoms with Gasteiger partial charge >= 0.3 is 0 Å². The van der Waals surface area contributed by atoms with E-state index in [1.807, 2.05) is 6.26 Å². The van der Waals surface area contributed by atoms with Crippen molar-refractivity contribution in [1.82, 2.24) is 9.62 Å². The van der Waals surface area contributed by atoms with Crippen molar-refractivity contribution in [2.24, 2.45) is 0 Å². The minimum Gasteiger partial charge on any atom is -0.350 e. The molecule has 0 aliphatic carbocycles. The molecule has 1 aromatic heterocycles. The number of sulfonamides is 1. The molecular weight excluding hydrogens is 292 g/mol. The fraction of sp³-hybridized carbons (Fsp3) is 0.500. The highest BCUT2D eigenvalue weighted by atomic mass is 32.2. The molecule has 0 bridgehead atoms. The second-order valence-corrected chi connectivity index (χ2v) is 8.13. The number of thioether (sulfide) groups is 1. The van der Waals surface area contributed by atoms with Crippen LogP contribution in [0.3, 0.4) is 0 Å². The van der Waals surface area contributed by atoms with Crippen LogP contribution in [0.2, 0.25) is 0 Å². The number of nitrogens with one attached hydrogen (secondary N) is 1. The van der Waals surface area contributed by atoms with Crippen molar-refractivity contribution in [3.05, 3.63) is 17.0 Å². The largest absolute Gasteiger partial charge is 0.350 e. The quantitative estimate of drug-likeness (QED) is 0.850. The highest BCUT2D eigenvalue weighted by molar-refractivity contribution is 7.99. The van der Waals surface area contributed by atoms with E-state index >= 15 is 0 Å². The Balaban J connectivity index is 2.68. The first-order chi connectivity index (χ1) is 8.37. The predicted molar refractivity (Wildman–Crippen MR) is 75.4 cm³/mol. The standard InChI is InChI=1S/C10H16N2O3S3/c1-12(2)18(14,15)10-5-4-8(17-10)6-11-9(13)7-16-3/h4-5H,6-7H2,1-3H3,(H,11,13). The summed E-state index contributed by atoms with van der Waals surface area (Å²) in [6, 6.07) is 3.29. The van der Waals surface area contributed by atoms with E-state index in [4.69, 9.17) is 0 Å². The molecule has 1 heterocycles. The lowest BCUT2D eigenvalue weighted by Crippen LogP contribution is -2.24. The van der Waals surface area contributed by atoms with E-state index in [2.05, 4.69) is 5.32 Å². The van der Waals surface area contributed by atoms with Crippen molar-refractivity contribution in [3.8, 4) is 0 Å². The lowest BCUT2D eigenvalue weighted by atomic mass is 10.4. The molecule has 1 rings (SSSR count). The lowest BCUT2D eigenvalue weighted by molar-refractivity contribution is -0.118. The molecule has 0 spiro atoms. The maximum Gasteiger partial charge on any atom is 0.252 e. The molecule has 102 valence electrons. The molecule has 0 saturated heterocycles. The van der Waals surface area contributed by atoms with Gasteiger partial charge < -0.3 is 5.32 Å². The molecule has 8 heteroatoms. The van der Waals surface area contributed by atoms with Gasteiger partial charge in [0.2, 0.25) is 5.91 Å². The molecule has 0 radical (unpaired) electrons. The first-order valence-corrected chi connectivity index (χ1v) is 8.80. The van der Waals surface area contributed by atoms with Gasteiger partial charge in [-0.1, -0.05) is 0 Å². The Bertz CT molecular complexity index is 508. The van der Waals surface area contributed by atoms with Gasteiger partial charge in [-0.05, 0) is 18.4 Å². The van der Waals surface area contributed by atoms with Crippen LogP contribution in [-0.2, 0) is 21.4 Å². The Morgan fingerprint density at radius 3 is 2.67 bits per heavy atom. The fourth-order valence-corrected chi connectivity index (χ4v) is 3.97. The fourth-order valence-electron chi connectivity index (χ4n) is 1.14. The summed E-state index contributed by atoms with van der Waals surface area (Å²) in [7, 11) is -0.380. The van der Waals surface area contributed by atoms with Gasteiger partial charge in [-0.15, -0.1) is 11.3 Å². The Morgan fingerprint density at radius 2 is 2.11 bits per heavy atom. The Kier molecular flexibility index (Phi) is 5.64. The highest BCUT2D eigenvalue weighted by Crippen LogP contribution is 2.23. The first-order valence-electron chi connectivity index (χ1n) is 5.15. The Morgan fingerprint density at radius 1 is 1.44 bits per heavy atom. The first kappa shape index (κ1) is 15.5. The molecule has 5 nitrogen and oxygen atoms in total. The number of rotatable bonds is 6.